The first-order valence-corrected chi connectivity index (χ1v) is 9.06. The molecule has 0 saturated carbocycles. The molecule has 0 aliphatic heterocycles. The Labute approximate surface area is 159 Å². The maximum absolute atomic E-state index is 12.1. The van der Waals surface area contributed by atoms with Crippen LogP contribution in [-0.4, -0.2) is 36.1 Å². The molecule has 1 aromatic carbocycles. The molecule has 132 valence electrons. The van der Waals surface area contributed by atoms with Crippen LogP contribution < -0.4 is 5.32 Å². The SMILES string of the molecule is CN(CC(=O)Nc1ccc(Cl)c(Cl)c1)C(=O)CCC(=O)c1cccs1. The zero-order valence-electron chi connectivity index (χ0n) is 13.4. The van der Waals surface area contributed by atoms with E-state index in [9.17, 15) is 14.4 Å². The van der Waals surface area contributed by atoms with Gasteiger partial charge in [0.2, 0.25) is 11.8 Å². The molecule has 0 aliphatic carbocycles. The first-order chi connectivity index (χ1) is 11.9. The quantitative estimate of drug-likeness (QED) is 0.713. The van der Waals surface area contributed by atoms with E-state index in [0.717, 1.165) is 0 Å². The molecule has 0 unspecified atom stereocenters. The number of hydrogen-bond donors (Lipinski definition) is 1. The molecule has 0 bridgehead atoms. The lowest BCUT2D eigenvalue weighted by Crippen LogP contribution is -2.35. The van der Waals surface area contributed by atoms with E-state index in [1.54, 1.807) is 24.3 Å². The standard InChI is InChI=1S/C17H16Cl2N2O3S/c1-21(17(24)7-6-14(22)15-3-2-8-25-15)10-16(23)20-11-4-5-12(18)13(19)9-11/h2-5,8-9H,6-7,10H2,1H3,(H,20,23). The number of Topliss-reactive ketones (excluding diaryl/α,β-unsaturated/α-hetero) is 1. The van der Waals surface area contributed by atoms with Crippen LogP contribution in [0.15, 0.2) is 35.7 Å². The van der Waals surface area contributed by atoms with Crippen molar-refractivity contribution in [2.75, 3.05) is 18.9 Å². The third-order valence-corrected chi connectivity index (χ3v) is 5.02. The fourth-order valence-corrected chi connectivity index (χ4v) is 3.04. The second-order valence-corrected chi connectivity index (χ2v) is 7.09. The Morgan fingerprint density at radius 3 is 2.52 bits per heavy atom. The fraction of sp³-hybridized carbons (Fsp3) is 0.235. The van der Waals surface area contributed by atoms with Crippen molar-refractivity contribution in [2.45, 2.75) is 12.8 Å². The second kappa shape index (κ2) is 8.99. The average molecular weight is 399 g/mol. The Hall–Kier alpha value is -1.89. The van der Waals surface area contributed by atoms with Crippen molar-refractivity contribution in [3.05, 3.63) is 50.6 Å². The van der Waals surface area contributed by atoms with Crippen LogP contribution in [0.25, 0.3) is 0 Å². The van der Waals surface area contributed by atoms with Gasteiger partial charge < -0.3 is 10.2 Å². The van der Waals surface area contributed by atoms with Gasteiger partial charge in [-0.25, -0.2) is 0 Å². The van der Waals surface area contributed by atoms with Gasteiger partial charge in [0.1, 0.15) is 0 Å². The van der Waals surface area contributed by atoms with Crippen LogP contribution in [0, 0.1) is 0 Å². The number of ketones is 1. The third-order valence-electron chi connectivity index (χ3n) is 3.37. The van der Waals surface area contributed by atoms with Crippen molar-refractivity contribution < 1.29 is 14.4 Å². The minimum atomic E-state index is -0.362. The number of rotatable bonds is 7. The van der Waals surface area contributed by atoms with Gasteiger partial charge in [-0.15, -0.1) is 11.3 Å². The Kier molecular flexibility index (Phi) is 6.99. The van der Waals surface area contributed by atoms with E-state index >= 15 is 0 Å². The molecule has 0 radical (unpaired) electrons. The van der Waals surface area contributed by atoms with Gasteiger partial charge in [-0.3, -0.25) is 14.4 Å². The van der Waals surface area contributed by atoms with Gasteiger partial charge in [-0.1, -0.05) is 29.3 Å². The summed E-state index contributed by atoms with van der Waals surface area (Å²) in [5.74, 6) is -0.704. The van der Waals surface area contributed by atoms with Crippen LogP contribution in [0.2, 0.25) is 10.0 Å². The molecule has 2 aromatic rings. The minimum absolute atomic E-state index is 0.0628. The molecule has 0 saturated heterocycles. The van der Waals surface area contributed by atoms with Crippen LogP contribution in [0.5, 0.6) is 0 Å². The Morgan fingerprint density at radius 1 is 1.12 bits per heavy atom. The maximum atomic E-state index is 12.1. The van der Waals surface area contributed by atoms with E-state index in [0.29, 0.717) is 20.6 Å². The highest BCUT2D eigenvalue weighted by molar-refractivity contribution is 7.12. The monoisotopic (exact) mass is 398 g/mol. The van der Waals surface area contributed by atoms with Crippen LogP contribution in [0.1, 0.15) is 22.5 Å². The highest BCUT2D eigenvalue weighted by Crippen LogP contribution is 2.24. The number of halogens is 2. The van der Waals surface area contributed by atoms with E-state index in [1.807, 2.05) is 5.38 Å². The summed E-state index contributed by atoms with van der Waals surface area (Å²) in [4.78, 5) is 37.9. The summed E-state index contributed by atoms with van der Waals surface area (Å²) >= 11 is 13.1. The van der Waals surface area contributed by atoms with Crippen LogP contribution >= 0.6 is 34.5 Å². The molecular formula is C17H16Cl2N2O3S. The summed E-state index contributed by atoms with van der Waals surface area (Å²) in [6.45, 7) is -0.119. The zero-order valence-corrected chi connectivity index (χ0v) is 15.7. The Bertz CT molecular complexity index is 778. The first-order valence-electron chi connectivity index (χ1n) is 7.42. The van der Waals surface area contributed by atoms with Gasteiger partial charge in [0, 0.05) is 25.6 Å². The number of benzene rings is 1. The minimum Gasteiger partial charge on any atom is -0.336 e. The number of nitrogens with zero attached hydrogens (tertiary/aromatic N) is 1. The summed E-state index contributed by atoms with van der Waals surface area (Å²) in [5, 5.41) is 5.18. The van der Waals surface area contributed by atoms with Crippen molar-refractivity contribution >= 4 is 57.8 Å². The summed E-state index contributed by atoms with van der Waals surface area (Å²) in [6, 6.07) is 8.24. The maximum Gasteiger partial charge on any atom is 0.243 e. The summed E-state index contributed by atoms with van der Waals surface area (Å²) in [7, 11) is 1.52. The predicted octanol–water partition coefficient (Wildman–Crippen LogP) is 4.11. The number of carbonyl (C=O) groups excluding carboxylic acids is 3. The van der Waals surface area contributed by atoms with Gasteiger partial charge in [-0.05, 0) is 29.6 Å². The van der Waals surface area contributed by atoms with Crippen molar-refractivity contribution in [2.24, 2.45) is 0 Å². The lowest BCUT2D eigenvalue weighted by molar-refractivity contribution is -0.133. The lowest BCUT2D eigenvalue weighted by Gasteiger charge is -2.16. The van der Waals surface area contributed by atoms with Crippen molar-refractivity contribution in [3.63, 3.8) is 0 Å². The van der Waals surface area contributed by atoms with E-state index in [2.05, 4.69) is 5.32 Å². The normalized spacial score (nSPS) is 10.4. The molecule has 0 spiro atoms. The molecule has 2 rings (SSSR count). The third kappa shape index (κ3) is 5.85. The molecule has 0 aliphatic rings. The fourth-order valence-electron chi connectivity index (χ4n) is 2.05. The molecule has 5 nitrogen and oxygen atoms in total. The summed E-state index contributed by atoms with van der Waals surface area (Å²) in [6.07, 6.45) is 0.186. The molecule has 2 amide bonds. The van der Waals surface area contributed by atoms with Gasteiger partial charge in [-0.2, -0.15) is 0 Å². The van der Waals surface area contributed by atoms with Gasteiger partial charge in [0.25, 0.3) is 0 Å². The van der Waals surface area contributed by atoms with Gasteiger partial charge >= 0.3 is 0 Å². The molecule has 25 heavy (non-hydrogen) atoms. The van der Waals surface area contributed by atoms with Crippen molar-refractivity contribution in [3.8, 4) is 0 Å². The highest BCUT2D eigenvalue weighted by Gasteiger charge is 2.16. The largest absolute Gasteiger partial charge is 0.336 e. The van der Waals surface area contributed by atoms with E-state index in [1.165, 1.54) is 29.4 Å². The molecule has 1 heterocycles. The number of likely N-dealkylation sites (N-methyl/N-ethyl adjacent to an activating group) is 1. The van der Waals surface area contributed by atoms with E-state index in [-0.39, 0.29) is 37.0 Å². The number of amides is 2. The number of anilines is 1. The molecular weight excluding hydrogens is 383 g/mol. The summed E-state index contributed by atoms with van der Waals surface area (Å²) < 4.78 is 0. The molecule has 8 heteroatoms. The van der Waals surface area contributed by atoms with Gasteiger partial charge in [0.05, 0.1) is 21.5 Å². The first kappa shape index (κ1) is 19.4. The topological polar surface area (TPSA) is 66.5 Å². The molecule has 0 fully saturated rings. The number of carbonyl (C=O) groups is 3. The van der Waals surface area contributed by atoms with E-state index < -0.39 is 0 Å². The van der Waals surface area contributed by atoms with Crippen LogP contribution in [0.3, 0.4) is 0 Å². The van der Waals surface area contributed by atoms with Crippen molar-refractivity contribution in [1.29, 1.82) is 0 Å². The lowest BCUT2D eigenvalue weighted by atomic mass is 10.2. The van der Waals surface area contributed by atoms with Crippen molar-refractivity contribution in [1.82, 2.24) is 4.90 Å². The zero-order chi connectivity index (χ0) is 18.4. The molecule has 1 aromatic heterocycles. The molecule has 0 atom stereocenters. The number of hydrogen-bond acceptors (Lipinski definition) is 4. The van der Waals surface area contributed by atoms with E-state index in [4.69, 9.17) is 23.2 Å². The Morgan fingerprint density at radius 2 is 1.88 bits per heavy atom. The molecule has 1 N–H and O–H groups in total. The average Bonchev–Trinajstić information content (AvgIpc) is 3.10. The van der Waals surface area contributed by atoms with Crippen LogP contribution in [-0.2, 0) is 9.59 Å². The Balaban J connectivity index is 1.80. The smallest absolute Gasteiger partial charge is 0.243 e. The predicted molar refractivity (Wildman–Crippen MR) is 101 cm³/mol. The summed E-state index contributed by atoms with van der Waals surface area (Å²) in [5.41, 5.74) is 0.494. The van der Waals surface area contributed by atoms with Gasteiger partial charge in [0.15, 0.2) is 5.78 Å². The highest BCUT2D eigenvalue weighted by atomic mass is 35.5. The van der Waals surface area contributed by atoms with Crippen LogP contribution in [0.4, 0.5) is 5.69 Å². The second-order valence-electron chi connectivity index (χ2n) is 5.33. The number of nitrogens with one attached hydrogen (secondary N) is 1. The number of thiophene rings is 1.